The molecular weight excluding hydrogens is 476 g/mol. The lowest BCUT2D eigenvalue weighted by Gasteiger charge is -2.06. The Balaban J connectivity index is 1.51. The van der Waals surface area contributed by atoms with E-state index >= 15 is 0 Å². The van der Waals surface area contributed by atoms with Crippen molar-refractivity contribution in [3.63, 3.8) is 0 Å². The predicted molar refractivity (Wildman–Crippen MR) is 146 cm³/mol. The highest BCUT2D eigenvalue weighted by molar-refractivity contribution is 7.22. The Kier molecular flexibility index (Phi) is 6.42. The number of aromatic nitrogens is 2. The van der Waals surface area contributed by atoms with Crippen LogP contribution in [0.2, 0.25) is 0 Å². The molecule has 0 bridgehead atoms. The third-order valence-electron chi connectivity index (χ3n) is 5.04. The number of carbonyl (C=O) groups is 1. The van der Waals surface area contributed by atoms with Gasteiger partial charge in [-0.3, -0.25) is 10.2 Å². The number of thiazole rings is 2. The van der Waals surface area contributed by atoms with Gasteiger partial charge in [-0.2, -0.15) is 15.2 Å². The number of hydrogen-bond acceptors (Lipinski definition) is 8. The topological polar surface area (TPSA) is 82.8 Å². The molecule has 1 aliphatic heterocycles. The lowest BCUT2D eigenvalue weighted by molar-refractivity contribution is -0.112. The summed E-state index contributed by atoms with van der Waals surface area (Å²) < 4.78 is 1.03. The number of amides is 1. The third kappa shape index (κ3) is 4.59. The number of hydrazone groups is 2. The van der Waals surface area contributed by atoms with Crippen LogP contribution in [-0.2, 0) is 4.79 Å². The van der Waals surface area contributed by atoms with Gasteiger partial charge in [0, 0.05) is 16.5 Å². The predicted octanol–water partition coefficient (Wildman–Crippen LogP) is 6.28. The highest BCUT2D eigenvalue weighted by Gasteiger charge is 2.36. The molecule has 1 amide bonds. The molecule has 0 spiro atoms. The van der Waals surface area contributed by atoms with Crippen LogP contribution in [0, 0.1) is 0 Å². The summed E-state index contributed by atoms with van der Waals surface area (Å²) in [4.78, 5) is 22.7. The smallest absolute Gasteiger partial charge is 0.265 e. The van der Waals surface area contributed by atoms with Crippen LogP contribution in [0.5, 0.6) is 0 Å². The van der Waals surface area contributed by atoms with E-state index in [0.29, 0.717) is 21.5 Å². The van der Waals surface area contributed by atoms with Gasteiger partial charge in [0.25, 0.3) is 0 Å². The highest BCUT2D eigenvalue weighted by atomic mass is 32.1. The third-order valence-corrected chi connectivity index (χ3v) is 6.79. The van der Waals surface area contributed by atoms with Gasteiger partial charge in [0.05, 0.1) is 15.9 Å². The Labute approximate surface area is 210 Å². The Bertz CT molecular complexity index is 1490. The summed E-state index contributed by atoms with van der Waals surface area (Å²) in [5, 5.41) is 13.3. The molecule has 2 aromatic heterocycles. The second-order valence-electron chi connectivity index (χ2n) is 7.36. The van der Waals surface area contributed by atoms with Gasteiger partial charge in [-0.05, 0) is 19.1 Å². The Hall–Kier alpha value is -4.21. The van der Waals surface area contributed by atoms with Crippen LogP contribution in [0.4, 0.5) is 10.3 Å². The van der Waals surface area contributed by atoms with Crippen LogP contribution in [0.25, 0.3) is 21.5 Å². The molecule has 0 radical (unpaired) electrons. The zero-order valence-corrected chi connectivity index (χ0v) is 20.4. The number of anilines is 2. The fourth-order valence-corrected chi connectivity index (χ4v) is 5.05. The molecule has 0 fully saturated rings. The standard InChI is InChI=1S/C26H20N6OS2/c1-3-10-18(11-4-2)22-23(29-30-25-27-19-14-8-9-15-21(19)35-25)24(33)32(31-22)26-28-20(16-34-26)17-12-6-5-7-13-17/h3-16H,1H2,2H3,(H,27,30)/b11-4-,18-10+,29-23-. The van der Waals surface area contributed by atoms with Gasteiger partial charge in [-0.25, -0.2) is 9.97 Å². The molecule has 5 rings (SSSR count). The molecular formula is C26H20N6OS2. The number of carbonyl (C=O) groups excluding carboxylic acids is 1. The van der Waals surface area contributed by atoms with Crippen LogP contribution in [0.3, 0.4) is 0 Å². The van der Waals surface area contributed by atoms with Crippen molar-refractivity contribution in [2.75, 3.05) is 10.4 Å². The highest BCUT2D eigenvalue weighted by Crippen LogP contribution is 2.31. The molecule has 0 unspecified atom stereocenters. The van der Waals surface area contributed by atoms with Crippen molar-refractivity contribution in [2.45, 2.75) is 6.92 Å². The molecule has 1 aliphatic rings. The number of benzene rings is 2. The largest absolute Gasteiger partial charge is 0.303 e. The summed E-state index contributed by atoms with van der Waals surface area (Å²) in [6.07, 6.45) is 7.18. The van der Waals surface area contributed by atoms with Crippen molar-refractivity contribution in [3.05, 3.63) is 96.4 Å². The van der Waals surface area contributed by atoms with E-state index in [2.05, 4.69) is 32.2 Å². The van der Waals surface area contributed by atoms with Gasteiger partial charge in [-0.15, -0.1) is 11.3 Å². The number of para-hydroxylation sites is 1. The van der Waals surface area contributed by atoms with E-state index in [4.69, 9.17) is 0 Å². The van der Waals surface area contributed by atoms with Crippen molar-refractivity contribution in [2.24, 2.45) is 10.2 Å². The molecule has 0 aliphatic carbocycles. The maximum atomic E-state index is 13.5. The second kappa shape index (κ2) is 9.96. The lowest BCUT2D eigenvalue weighted by Crippen LogP contribution is -2.28. The number of rotatable bonds is 7. The monoisotopic (exact) mass is 496 g/mol. The number of nitrogens with one attached hydrogen (secondary N) is 1. The minimum Gasteiger partial charge on any atom is -0.265 e. The van der Waals surface area contributed by atoms with Crippen molar-refractivity contribution in [3.8, 4) is 11.3 Å². The summed E-state index contributed by atoms with van der Waals surface area (Å²) in [6.45, 7) is 5.69. The fourth-order valence-electron chi connectivity index (χ4n) is 3.47. The molecule has 0 saturated heterocycles. The molecule has 9 heteroatoms. The normalized spacial score (nSPS) is 15.4. The van der Waals surface area contributed by atoms with Gasteiger partial charge in [-0.1, -0.05) is 84.7 Å². The summed E-state index contributed by atoms with van der Waals surface area (Å²) in [7, 11) is 0. The summed E-state index contributed by atoms with van der Waals surface area (Å²) in [5.74, 6) is -0.373. The number of hydrogen-bond donors (Lipinski definition) is 1. The molecule has 4 aromatic rings. The van der Waals surface area contributed by atoms with Crippen molar-refractivity contribution in [1.82, 2.24) is 9.97 Å². The van der Waals surface area contributed by atoms with Gasteiger partial charge in [0.1, 0.15) is 5.71 Å². The fraction of sp³-hybridized carbons (Fsp3) is 0.0385. The molecule has 0 saturated carbocycles. The van der Waals surface area contributed by atoms with Crippen molar-refractivity contribution in [1.29, 1.82) is 0 Å². The molecule has 172 valence electrons. The van der Waals surface area contributed by atoms with Crippen LogP contribution < -0.4 is 10.4 Å². The SMILES string of the molecule is C=C/C=C(\C=C/C)C1=NN(c2nc(-c3ccccc3)cs2)C(=O)/C1=N\Nc1nc2ccccc2s1. The number of allylic oxidation sites excluding steroid dienone is 5. The van der Waals surface area contributed by atoms with Gasteiger partial charge < -0.3 is 0 Å². The van der Waals surface area contributed by atoms with E-state index in [1.807, 2.05) is 79.1 Å². The van der Waals surface area contributed by atoms with Crippen molar-refractivity contribution >= 4 is 60.5 Å². The maximum Gasteiger partial charge on any atom is 0.303 e. The quantitative estimate of drug-likeness (QED) is 0.241. The molecule has 2 aromatic carbocycles. The van der Waals surface area contributed by atoms with Crippen molar-refractivity contribution < 1.29 is 4.79 Å². The summed E-state index contributed by atoms with van der Waals surface area (Å²) in [5.41, 5.74) is 6.88. The van der Waals surface area contributed by atoms with Crippen LogP contribution >= 0.6 is 22.7 Å². The Morgan fingerprint density at radius 3 is 2.69 bits per heavy atom. The first kappa shape index (κ1) is 22.6. The molecule has 7 nitrogen and oxygen atoms in total. The average Bonchev–Trinajstić information content (AvgIpc) is 3.60. The second-order valence-corrected chi connectivity index (χ2v) is 9.23. The van der Waals surface area contributed by atoms with E-state index in [-0.39, 0.29) is 11.6 Å². The van der Waals surface area contributed by atoms with Gasteiger partial charge in [0.2, 0.25) is 10.3 Å². The Morgan fingerprint density at radius 2 is 1.91 bits per heavy atom. The zero-order valence-electron chi connectivity index (χ0n) is 18.8. The lowest BCUT2D eigenvalue weighted by atomic mass is 10.1. The van der Waals surface area contributed by atoms with Gasteiger partial charge in [0.15, 0.2) is 5.71 Å². The van der Waals surface area contributed by atoms with Crippen LogP contribution in [-0.4, -0.2) is 27.3 Å². The Morgan fingerprint density at radius 1 is 1.11 bits per heavy atom. The maximum absolute atomic E-state index is 13.5. The number of fused-ring (bicyclic) bond motifs is 1. The minimum atomic E-state index is -0.373. The number of nitrogens with zero attached hydrogens (tertiary/aromatic N) is 5. The van der Waals surface area contributed by atoms with Crippen LogP contribution in [0.15, 0.2) is 107 Å². The van der Waals surface area contributed by atoms with E-state index in [0.717, 1.165) is 21.5 Å². The van der Waals surface area contributed by atoms with E-state index in [1.54, 1.807) is 12.2 Å². The first-order valence-electron chi connectivity index (χ1n) is 10.8. The molecule has 0 atom stereocenters. The zero-order chi connectivity index (χ0) is 24.2. The average molecular weight is 497 g/mol. The summed E-state index contributed by atoms with van der Waals surface area (Å²) in [6, 6.07) is 17.6. The first-order valence-corrected chi connectivity index (χ1v) is 12.5. The van der Waals surface area contributed by atoms with E-state index < -0.39 is 0 Å². The first-order chi connectivity index (χ1) is 17.2. The minimum absolute atomic E-state index is 0.173. The summed E-state index contributed by atoms with van der Waals surface area (Å²) >= 11 is 2.81. The van der Waals surface area contributed by atoms with Gasteiger partial charge >= 0.3 is 5.91 Å². The molecule has 35 heavy (non-hydrogen) atoms. The van der Waals surface area contributed by atoms with Crippen LogP contribution in [0.1, 0.15) is 6.92 Å². The molecule has 1 N–H and O–H groups in total. The van der Waals surface area contributed by atoms with E-state index in [9.17, 15) is 4.79 Å². The molecule has 3 heterocycles. The van der Waals surface area contributed by atoms with E-state index in [1.165, 1.54) is 27.7 Å².